The van der Waals surface area contributed by atoms with Crippen LogP contribution in [-0.2, 0) is 9.59 Å². The molecule has 0 radical (unpaired) electrons. The number of carbonyl (C=O) groups is 2. The number of amides is 2. The normalized spacial score (nSPS) is 33.3. The lowest BCUT2D eigenvalue weighted by Crippen LogP contribution is -2.58. The first kappa shape index (κ1) is 22.5. The molecule has 0 aliphatic heterocycles. The number of carbonyl (C=O) groups excluding carboxylic acids is 2. The van der Waals surface area contributed by atoms with Gasteiger partial charge in [0.05, 0.1) is 0 Å². The van der Waals surface area contributed by atoms with Crippen LogP contribution in [0.2, 0.25) is 0 Å². The molecule has 0 heterocycles. The van der Waals surface area contributed by atoms with Gasteiger partial charge in [0.2, 0.25) is 11.8 Å². The van der Waals surface area contributed by atoms with Gasteiger partial charge in [-0.2, -0.15) is 0 Å². The highest BCUT2D eigenvalue weighted by Gasteiger charge is 2.55. The maximum absolute atomic E-state index is 13.3. The molecule has 0 spiro atoms. The van der Waals surface area contributed by atoms with E-state index in [1.54, 1.807) is 0 Å². The number of rotatable bonds is 8. The van der Waals surface area contributed by atoms with E-state index in [1.165, 1.54) is 19.3 Å². The fourth-order valence-corrected chi connectivity index (χ4v) is 6.00. The van der Waals surface area contributed by atoms with Gasteiger partial charge in [-0.15, -0.1) is 12.4 Å². The molecule has 0 aromatic rings. The molecule has 156 valence electrons. The monoisotopic (exact) mass is 399 g/mol. The maximum atomic E-state index is 13.3. The van der Waals surface area contributed by atoms with Crippen LogP contribution in [0.3, 0.4) is 0 Å². The van der Waals surface area contributed by atoms with Crippen LogP contribution < -0.4 is 16.0 Å². The molecular formula is C21H38ClN3O2. The number of nitrogens with one attached hydrogen (secondary N) is 3. The minimum Gasteiger partial charge on any atom is -0.353 e. The Hall–Kier alpha value is -0.810. The van der Waals surface area contributed by atoms with Gasteiger partial charge >= 0.3 is 0 Å². The molecule has 4 saturated carbocycles. The van der Waals surface area contributed by atoms with Crippen molar-refractivity contribution in [2.24, 2.45) is 29.1 Å². The number of halogens is 1. The Morgan fingerprint density at radius 2 is 1.52 bits per heavy atom. The highest BCUT2D eigenvalue weighted by Crippen LogP contribution is 2.60. The lowest BCUT2D eigenvalue weighted by Gasteiger charge is -2.55. The van der Waals surface area contributed by atoms with E-state index in [9.17, 15) is 9.59 Å². The van der Waals surface area contributed by atoms with Gasteiger partial charge < -0.3 is 16.0 Å². The molecule has 4 rings (SSSR count). The van der Waals surface area contributed by atoms with Gasteiger partial charge in [-0.3, -0.25) is 9.59 Å². The number of hydrogen-bond donors (Lipinski definition) is 3. The lowest BCUT2D eigenvalue weighted by atomic mass is 9.49. The smallest absolute Gasteiger partial charge is 0.242 e. The largest absolute Gasteiger partial charge is 0.353 e. The molecule has 0 saturated heterocycles. The van der Waals surface area contributed by atoms with Crippen LogP contribution in [0.5, 0.6) is 0 Å². The van der Waals surface area contributed by atoms with Crippen molar-refractivity contribution < 1.29 is 9.59 Å². The minimum absolute atomic E-state index is 0. The van der Waals surface area contributed by atoms with E-state index in [-0.39, 0.29) is 41.6 Å². The molecule has 4 bridgehead atoms. The summed E-state index contributed by atoms with van der Waals surface area (Å²) in [6, 6.07) is -0.208. The average Bonchev–Trinajstić information content (AvgIpc) is 2.56. The van der Waals surface area contributed by atoms with Gasteiger partial charge in [-0.25, -0.2) is 0 Å². The van der Waals surface area contributed by atoms with Crippen molar-refractivity contribution in [3.8, 4) is 0 Å². The van der Waals surface area contributed by atoms with Crippen molar-refractivity contribution in [3.05, 3.63) is 0 Å². The number of likely N-dealkylation sites (N-methyl/N-ethyl adjacent to an activating group) is 1. The van der Waals surface area contributed by atoms with Crippen LogP contribution >= 0.6 is 12.4 Å². The molecule has 1 unspecified atom stereocenters. The molecule has 4 aliphatic carbocycles. The van der Waals surface area contributed by atoms with Crippen LogP contribution in [-0.4, -0.2) is 37.0 Å². The molecule has 0 aromatic heterocycles. The van der Waals surface area contributed by atoms with Gasteiger partial charge in [0.25, 0.3) is 0 Å². The summed E-state index contributed by atoms with van der Waals surface area (Å²) in [5.41, 5.74) is -0.195. The Bertz CT molecular complexity index is 502. The average molecular weight is 400 g/mol. The van der Waals surface area contributed by atoms with Gasteiger partial charge in [0.15, 0.2) is 0 Å². The fourth-order valence-electron chi connectivity index (χ4n) is 6.00. The summed E-state index contributed by atoms with van der Waals surface area (Å²) in [6.07, 6.45) is 7.08. The van der Waals surface area contributed by atoms with Crippen molar-refractivity contribution in [1.29, 1.82) is 0 Å². The Morgan fingerprint density at radius 3 is 1.96 bits per heavy atom. The zero-order valence-corrected chi connectivity index (χ0v) is 18.2. The van der Waals surface area contributed by atoms with Crippen LogP contribution in [0.15, 0.2) is 0 Å². The van der Waals surface area contributed by atoms with E-state index in [1.807, 2.05) is 13.8 Å². The first-order valence-corrected chi connectivity index (χ1v) is 10.6. The third kappa shape index (κ3) is 4.97. The quantitative estimate of drug-likeness (QED) is 0.587. The standard InChI is InChI=1S/C21H37N3O2.ClH/c1-5-22-14(4)12-23-19(25)18(13(2)3)24-20(26)21-9-15-6-16(10-21)8-17(7-15)11-21;/h13-18,22H,5-12H2,1-4H3,(H,23,25)(H,24,26);1H/t14-,15?,16?,17?,18?,21?;/m1./s1. The first-order valence-electron chi connectivity index (χ1n) is 10.6. The van der Waals surface area contributed by atoms with Crippen molar-refractivity contribution in [1.82, 2.24) is 16.0 Å². The summed E-state index contributed by atoms with van der Waals surface area (Å²) in [4.78, 5) is 26.0. The zero-order valence-electron chi connectivity index (χ0n) is 17.3. The molecule has 6 heteroatoms. The molecule has 2 amide bonds. The molecule has 0 aromatic carbocycles. The molecule has 27 heavy (non-hydrogen) atoms. The van der Waals surface area contributed by atoms with Crippen molar-refractivity contribution in [3.63, 3.8) is 0 Å². The summed E-state index contributed by atoms with van der Waals surface area (Å²) in [5.74, 6) is 2.38. The lowest BCUT2D eigenvalue weighted by molar-refractivity contribution is -0.149. The second-order valence-corrected chi connectivity index (χ2v) is 9.60. The van der Waals surface area contributed by atoms with Crippen molar-refractivity contribution in [2.75, 3.05) is 13.1 Å². The van der Waals surface area contributed by atoms with Crippen LogP contribution in [0.25, 0.3) is 0 Å². The Labute approximate surface area is 170 Å². The molecule has 3 N–H and O–H groups in total. The maximum Gasteiger partial charge on any atom is 0.242 e. The third-order valence-corrected chi connectivity index (χ3v) is 6.89. The highest BCUT2D eigenvalue weighted by atomic mass is 35.5. The Morgan fingerprint density at radius 1 is 1.00 bits per heavy atom. The zero-order chi connectivity index (χ0) is 18.9. The van der Waals surface area contributed by atoms with E-state index in [4.69, 9.17) is 0 Å². The first-order chi connectivity index (χ1) is 12.3. The topological polar surface area (TPSA) is 70.2 Å². The van der Waals surface area contributed by atoms with Gasteiger partial charge in [0.1, 0.15) is 6.04 Å². The Kier molecular flexibility index (Phi) is 7.60. The highest BCUT2D eigenvalue weighted by molar-refractivity contribution is 5.90. The molecule has 4 fully saturated rings. The fraction of sp³-hybridized carbons (Fsp3) is 0.905. The Balaban J connectivity index is 0.00000261. The van der Waals surface area contributed by atoms with Gasteiger partial charge in [-0.05, 0) is 75.7 Å². The van der Waals surface area contributed by atoms with Crippen molar-refractivity contribution in [2.45, 2.75) is 78.3 Å². The summed E-state index contributed by atoms with van der Waals surface area (Å²) in [6.45, 7) is 9.61. The molecule has 4 aliphatic rings. The van der Waals surface area contributed by atoms with E-state index in [2.05, 4.69) is 29.8 Å². The van der Waals surface area contributed by atoms with Gasteiger partial charge in [0, 0.05) is 18.0 Å². The van der Waals surface area contributed by atoms with Crippen molar-refractivity contribution >= 4 is 24.2 Å². The van der Waals surface area contributed by atoms with E-state index in [0.29, 0.717) is 6.54 Å². The van der Waals surface area contributed by atoms with E-state index < -0.39 is 6.04 Å². The molecular weight excluding hydrogens is 362 g/mol. The van der Waals surface area contributed by atoms with Crippen LogP contribution in [0, 0.1) is 29.1 Å². The van der Waals surface area contributed by atoms with Crippen LogP contribution in [0.1, 0.15) is 66.2 Å². The van der Waals surface area contributed by atoms with E-state index >= 15 is 0 Å². The van der Waals surface area contributed by atoms with E-state index in [0.717, 1.165) is 43.6 Å². The summed E-state index contributed by atoms with van der Waals surface area (Å²) >= 11 is 0. The summed E-state index contributed by atoms with van der Waals surface area (Å²) < 4.78 is 0. The third-order valence-electron chi connectivity index (χ3n) is 6.89. The number of hydrogen-bond acceptors (Lipinski definition) is 3. The SMILES string of the molecule is CCN[C@H](C)CNC(=O)C(NC(=O)C12CC3CC(CC(C3)C1)C2)C(C)C.Cl. The molecule has 2 atom stereocenters. The van der Waals surface area contributed by atoms with Gasteiger partial charge in [-0.1, -0.05) is 20.8 Å². The predicted molar refractivity (Wildman–Crippen MR) is 111 cm³/mol. The summed E-state index contributed by atoms with van der Waals surface area (Å²) in [5, 5.41) is 9.47. The molecule has 5 nitrogen and oxygen atoms in total. The second kappa shape index (κ2) is 9.13. The summed E-state index contributed by atoms with van der Waals surface area (Å²) in [7, 11) is 0. The second-order valence-electron chi connectivity index (χ2n) is 9.60. The van der Waals surface area contributed by atoms with Crippen LogP contribution in [0.4, 0.5) is 0 Å². The minimum atomic E-state index is -0.440. The predicted octanol–water partition coefficient (Wildman–Crippen LogP) is 2.88.